The van der Waals surface area contributed by atoms with Crippen LogP contribution in [-0.4, -0.2) is 61.3 Å². The number of carbonyl (C=O) groups is 1. The predicted molar refractivity (Wildman–Crippen MR) is 94.2 cm³/mol. The third-order valence-electron chi connectivity index (χ3n) is 5.36. The molecule has 0 aliphatic carbocycles. The van der Waals surface area contributed by atoms with Gasteiger partial charge in [0.2, 0.25) is 11.8 Å². The second kappa shape index (κ2) is 7.57. The molecule has 2 aliphatic rings. The first-order chi connectivity index (χ1) is 12.7. The molecule has 4 rings (SSSR count). The number of fused-ring (bicyclic) bond motifs is 1. The summed E-state index contributed by atoms with van der Waals surface area (Å²) in [6.07, 6.45) is 6.71. The Morgan fingerprint density at radius 1 is 1.27 bits per heavy atom. The van der Waals surface area contributed by atoms with Crippen molar-refractivity contribution in [1.29, 1.82) is 0 Å². The maximum absolute atomic E-state index is 13.1. The summed E-state index contributed by atoms with van der Waals surface area (Å²) in [7, 11) is 0. The van der Waals surface area contributed by atoms with Gasteiger partial charge in [-0.15, -0.1) is 0 Å². The quantitative estimate of drug-likeness (QED) is 0.822. The topological polar surface area (TPSA) is 80.3 Å². The monoisotopic (exact) mass is 358 g/mol. The van der Waals surface area contributed by atoms with E-state index in [1.807, 2.05) is 21.8 Å². The number of rotatable bonds is 4. The van der Waals surface area contributed by atoms with Crippen molar-refractivity contribution in [3.05, 3.63) is 29.7 Å². The van der Waals surface area contributed by atoms with Crippen molar-refractivity contribution >= 4 is 5.91 Å². The summed E-state index contributed by atoms with van der Waals surface area (Å²) < 4.78 is 7.18. The Morgan fingerprint density at radius 3 is 2.88 bits per heavy atom. The van der Waals surface area contributed by atoms with Gasteiger partial charge in [0, 0.05) is 25.3 Å². The minimum absolute atomic E-state index is 0.0466. The molecular weight excluding hydrogens is 332 g/mol. The van der Waals surface area contributed by atoms with E-state index in [4.69, 9.17) is 4.52 Å². The summed E-state index contributed by atoms with van der Waals surface area (Å²) in [5.74, 6) is 0.999. The summed E-state index contributed by atoms with van der Waals surface area (Å²) in [6.45, 7) is 6.40. The van der Waals surface area contributed by atoms with Crippen LogP contribution in [0, 0.1) is 6.92 Å². The highest BCUT2D eigenvalue weighted by Gasteiger charge is 2.30. The van der Waals surface area contributed by atoms with Gasteiger partial charge in [-0.2, -0.15) is 10.1 Å². The number of hydrogen-bond acceptors (Lipinski definition) is 6. The van der Waals surface area contributed by atoms with Crippen LogP contribution < -0.4 is 0 Å². The lowest BCUT2D eigenvalue weighted by Gasteiger charge is -2.35. The molecule has 1 saturated heterocycles. The van der Waals surface area contributed by atoms with Crippen molar-refractivity contribution in [2.24, 2.45) is 0 Å². The van der Waals surface area contributed by atoms with Crippen LogP contribution in [0.2, 0.25) is 0 Å². The van der Waals surface area contributed by atoms with Crippen LogP contribution in [0.25, 0.3) is 0 Å². The van der Waals surface area contributed by atoms with Gasteiger partial charge in [0.25, 0.3) is 0 Å². The lowest BCUT2D eigenvalue weighted by molar-refractivity contribution is -0.134. The van der Waals surface area contributed by atoms with E-state index in [1.165, 1.54) is 19.3 Å². The molecular formula is C18H26N6O2. The van der Waals surface area contributed by atoms with Gasteiger partial charge in [0.1, 0.15) is 6.42 Å². The molecule has 8 heteroatoms. The van der Waals surface area contributed by atoms with Gasteiger partial charge < -0.3 is 14.3 Å². The molecule has 26 heavy (non-hydrogen) atoms. The fourth-order valence-electron chi connectivity index (χ4n) is 3.99. The van der Waals surface area contributed by atoms with Crippen LogP contribution in [0.5, 0.6) is 0 Å². The van der Waals surface area contributed by atoms with Gasteiger partial charge in [-0.25, -0.2) is 0 Å². The zero-order valence-corrected chi connectivity index (χ0v) is 15.3. The molecule has 1 fully saturated rings. The average Bonchev–Trinajstić information content (AvgIpc) is 3.22. The van der Waals surface area contributed by atoms with E-state index in [0.29, 0.717) is 18.3 Å². The minimum atomic E-state index is 0.0466. The second-order valence-corrected chi connectivity index (χ2v) is 7.28. The maximum atomic E-state index is 13.1. The zero-order chi connectivity index (χ0) is 17.9. The molecule has 1 atom stereocenters. The lowest BCUT2D eigenvalue weighted by atomic mass is 10.1. The Balaban J connectivity index is 1.51. The van der Waals surface area contributed by atoms with Crippen molar-refractivity contribution in [1.82, 2.24) is 29.7 Å². The van der Waals surface area contributed by atoms with Crippen molar-refractivity contribution in [2.45, 2.75) is 58.2 Å². The van der Waals surface area contributed by atoms with E-state index >= 15 is 0 Å². The number of aryl methyl sites for hydroxylation is 2. The highest BCUT2D eigenvalue weighted by molar-refractivity contribution is 5.78. The highest BCUT2D eigenvalue weighted by atomic mass is 16.5. The summed E-state index contributed by atoms with van der Waals surface area (Å²) in [5.41, 5.74) is 1.08. The standard InChI is InChI=1S/C18H26N6O2/c1-14-20-17(26-21-14)11-18(25)23-13-16-5-7-19-24(16)10-6-15(23)12-22-8-3-2-4-9-22/h5,7,15H,2-4,6,8-13H2,1H3. The third-order valence-corrected chi connectivity index (χ3v) is 5.36. The molecule has 0 spiro atoms. The first-order valence-electron chi connectivity index (χ1n) is 9.51. The minimum Gasteiger partial charge on any atom is -0.339 e. The molecule has 0 aromatic carbocycles. The molecule has 140 valence electrons. The van der Waals surface area contributed by atoms with Crippen molar-refractivity contribution in [3.8, 4) is 0 Å². The van der Waals surface area contributed by atoms with E-state index in [1.54, 1.807) is 6.92 Å². The van der Waals surface area contributed by atoms with Gasteiger partial charge in [0.15, 0.2) is 5.82 Å². The van der Waals surface area contributed by atoms with Crippen molar-refractivity contribution < 1.29 is 9.32 Å². The van der Waals surface area contributed by atoms with E-state index in [9.17, 15) is 4.79 Å². The summed E-state index contributed by atoms with van der Waals surface area (Å²) in [4.78, 5) is 21.7. The number of likely N-dealkylation sites (tertiary alicyclic amines) is 1. The van der Waals surface area contributed by atoms with Crippen LogP contribution in [0.1, 0.15) is 43.1 Å². The summed E-state index contributed by atoms with van der Waals surface area (Å²) in [5, 5.41) is 8.20. The smallest absolute Gasteiger partial charge is 0.236 e. The zero-order valence-electron chi connectivity index (χ0n) is 15.3. The molecule has 0 saturated carbocycles. The fraction of sp³-hybridized carbons (Fsp3) is 0.667. The molecule has 2 aliphatic heterocycles. The van der Waals surface area contributed by atoms with E-state index in [0.717, 1.165) is 38.3 Å². The Hall–Kier alpha value is -2.22. The molecule has 2 aromatic rings. The van der Waals surface area contributed by atoms with Gasteiger partial charge >= 0.3 is 0 Å². The molecule has 8 nitrogen and oxygen atoms in total. The SMILES string of the molecule is Cc1noc(CC(=O)N2Cc3ccnn3CCC2CN2CCCCC2)n1. The van der Waals surface area contributed by atoms with Crippen LogP contribution in [0.3, 0.4) is 0 Å². The van der Waals surface area contributed by atoms with Gasteiger partial charge in [-0.05, 0) is 45.3 Å². The number of piperidine rings is 1. The number of aromatic nitrogens is 4. The number of nitrogens with zero attached hydrogens (tertiary/aromatic N) is 6. The van der Waals surface area contributed by atoms with E-state index in [2.05, 4.69) is 20.1 Å². The van der Waals surface area contributed by atoms with E-state index in [-0.39, 0.29) is 18.4 Å². The van der Waals surface area contributed by atoms with Crippen molar-refractivity contribution in [3.63, 3.8) is 0 Å². The highest BCUT2D eigenvalue weighted by Crippen LogP contribution is 2.21. The van der Waals surface area contributed by atoms with Gasteiger partial charge in [-0.1, -0.05) is 11.6 Å². The summed E-state index contributed by atoms with van der Waals surface area (Å²) >= 11 is 0. The molecule has 2 aromatic heterocycles. The first-order valence-corrected chi connectivity index (χ1v) is 9.51. The molecule has 0 N–H and O–H groups in total. The number of amides is 1. The van der Waals surface area contributed by atoms with Crippen LogP contribution in [0.4, 0.5) is 0 Å². The number of hydrogen-bond donors (Lipinski definition) is 0. The Labute approximate surface area is 153 Å². The van der Waals surface area contributed by atoms with Gasteiger partial charge in [0.05, 0.1) is 12.2 Å². The second-order valence-electron chi connectivity index (χ2n) is 7.28. The normalized spacial score (nSPS) is 21.4. The van der Waals surface area contributed by atoms with Crippen LogP contribution in [-0.2, 0) is 24.3 Å². The Morgan fingerprint density at radius 2 is 2.12 bits per heavy atom. The largest absolute Gasteiger partial charge is 0.339 e. The molecule has 4 heterocycles. The van der Waals surface area contributed by atoms with Crippen LogP contribution in [0.15, 0.2) is 16.8 Å². The molecule has 0 bridgehead atoms. The molecule has 0 radical (unpaired) electrons. The lowest BCUT2D eigenvalue weighted by Crippen LogP contribution is -2.47. The summed E-state index contributed by atoms with van der Waals surface area (Å²) in [6, 6.07) is 2.19. The fourth-order valence-corrected chi connectivity index (χ4v) is 3.99. The van der Waals surface area contributed by atoms with Crippen molar-refractivity contribution in [2.75, 3.05) is 19.6 Å². The Bertz CT molecular complexity index is 748. The van der Waals surface area contributed by atoms with E-state index < -0.39 is 0 Å². The average molecular weight is 358 g/mol. The van der Waals surface area contributed by atoms with Gasteiger partial charge in [-0.3, -0.25) is 9.48 Å². The third kappa shape index (κ3) is 3.80. The molecule has 1 amide bonds. The molecule has 1 unspecified atom stereocenters. The maximum Gasteiger partial charge on any atom is 0.236 e. The first kappa shape index (κ1) is 17.2. The number of carbonyl (C=O) groups excluding carboxylic acids is 1. The van der Waals surface area contributed by atoms with Crippen LogP contribution >= 0.6 is 0 Å². The predicted octanol–water partition coefficient (Wildman–Crippen LogP) is 1.40. The Kier molecular flexibility index (Phi) is 5.01.